The third-order valence-corrected chi connectivity index (χ3v) is 6.01. The van der Waals surface area contributed by atoms with E-state index in [1.165, 1.54) is 11.8 Å². The summed E-state index contributed by atoms with van der Waals surface area (Å²) in [4.78, 5) is 18.0. The molecule has 0 saturated heterocycles. The molecule has 0 bridgehead atoms. The molecule has 0 spiro atoms. The Balaban J connectivity index is 1.66. The molecule has 2 aliphatic rings. The first kappa shape index (κ1) is 21.1. The van der Waals surface area contributed by atoms with Gasteiger partial charge in [-0.2, -0.15) is 0 Å². The number of thioether (sulfide) groups is 1. The maximum absolute atomic E-state index is 13.1. The molecule has 0 unspecified atom stereocenters. The van der Waals surface area contributed by atoms with Crippen molar-refractivity contribution >= 4 is 28.5 Å². The number of nitrogens with zero attached hydrogens (tertiary/aromatic N) is 3. The predicted molar refractivity (Wildman–Crippen MR) is 128 cm³/mol. The van der Waals surface area contributed by atoms with Crippen LogP contribution in [0.1, 0.15) is 17.3 Å². The third kappa shape index (κ3) is 3.93. The number of rotatable bonds is 5. The van der Waals surface area contributed by atoms with Crippen molar-refractivity contribution in [3.63, 3.8) is 0 Å². The molecule has 0 aliphatic carbocycles. The van der Waals surface area contributed by atoms with Crippen molar-refractivity contribution < 1.29 is 14.3 Å². The summed E-state index contributed by atoms with van der Waals surface area (Å²) in [5.41, 5.74) is 2.25. The lowest BCUT2D eigenvalue weighted by molar-refractivity contribution is -0.116. The van der Waals surface area contributed by atoms with Gasteiger partial charge in [0, 0.05) is 10.8 Å². The molecule has 5 rings (SSSR count). The van der Waals surface area contributed by atoms with Gasteiger partial charge in [-0.05, 0) is 24.0 Å². The predicted octanol–water partition coefficient (Wildman–Crippen LogP) is 2.78. The van der Waals surface area contributed by atoms with E-state index < -0.39 is 6.17 Å². The largest absolute Gasteiger partial charge is 0.493 e. The molecule has 1 N–H and O–H groups in total. The number of amidine groups is 1. The second kappa shape index (κ2) is 8.99. The molecule has 3 aromatic carbocycles. The number of hydrogen-bond donors (Lipinski definition) is 1. The van der Waals surface area contributed by atoms with Crippen molar-refractivity contribution in [1.29, 1.82) is 0 Å². The molecule has 7 nitrogen and oxygen atoms in total. The Labute approximate surface area is 195 Å². The molecule has 2 heterocycles. The molecular weight excluding hydrogens is 436 g/mol. The number of carbonyl (C=O) groups is 1. The Hall–Kier alpha value is -3.78. The summed E-state index contributed by atoms with van der Waals surface area (Å²) in [6.07, 6.45) is 1.28. The van der Waals surface area contributed by atoms with Crippen LogP contribution in [0, 0.1) is 0 Å². The van der Waals surface area contributed by atoms with E-state index in [0.29, 0.717) is 29.0 Å². The first-order valence-corrected chi connectivity index (χ1v) is 11.7. The molecule has 8 heteroatoms. The number of benzene rings is 3. The number of nitrogens with one attached hydrogen (secondary N) is 1. The molecule has 3 aromatic rings. The summed E-state index contributed by atoms with van der Waals surface area (Å²) >= 11 is 1.37. The number of hydrazone groups is 1. The average molecular weight is 459 g/mol. The Bertz CT molecular complexity index is 1360. The lowest BCUT2D eigenvalue weighted by atomic mass is 10.1. The highest BCUT2D eigenvalue weighted by Crippen LogP contribution is 2.40. The van der Waals surface area contributed by atoms with Crippen LogP contribution < -0.4 is 25.4 Å². The quantitative estimate of drug-likeness (QED) is 0.636. The van der Waals surface area contributed by atoms with Gasteiger partial charge in [0.1, 0.15) is 12.3 Å². The van der Waals surface area contributed by atoms with Gasteiger partial charge in [-0.25, -0.2) is 5.01 Å². The van der Waals surface area contributed by atoms with E-state index in [-0.39, 0.29) is 5.91 Å². The number of fused-ring (bicyclic) bond motifs is 2. The Kier molecular flexibility index (Phi) is 5.75. The summed E-state index contributed by atoms with van der Waals surface area (Å²) in [6, 6.07) is 23.2. The zero-order valence-corrected chi connectivity index (χ0v) is 19.0. The molecule has 2 aliphatic heterocycles. The van der Waals surface area contributed by atoms with Gasteiger partial charge in [-0.3, -0.25) is 15.1 Å². The standard InChI is InChI=1S/C25H22N4O3S/c1-31-20-14-8-12-18(22(20)32-15-16-9-4-3-5-10-16)23-26-19-13-7-6-11-17(19)21-24(30)27-25(33-2)28-29(21)23/h3-14,23H,15H2,1-2H3,(H,27,28,30)/t23-/m0/s1. The fourth-order valence-electron chi connectivity index (χ4n) is 3.90. The van der Waals surface area contributed by atoms with Crippen molar-refractivity contribution in [3.05, 3.63) is 94.5 Å². The second-order valence-corrected chi connectivity index (χ2v) is 8.22. The zero-order valence-electron chi connectivity index (χ0n) is 18.2. The summed E-state index contributed by atoms with van der Waals surface area (Å²) in [7, 11) is 1.61. The van der Waals surface area contributed by atoms with Gasteiger partial charge < -0.3 is 9.47 Å². The van der Waals surface area contributed by atoms with E-state index >= 15 is 0 Å². The van der Waals surface area contributed by atoms with Crippen LogP contribution in [0.4, 0.5) is 0 Å². The molecule has 0 fully saturated rings. The summed E-state index contributed by atoms with van der Waals surface area (Å²) in [5.74, 6) is 0.953. The van der Waals surface area contributed by atoms with Crippen LogP contribution >= 0.6 is 11.8 Å². The van der Waals surface area contributed by atoms with E-state index in [1.807, 2.05) is 79.1 Å². The van der Waals surface area contributed by atoms with Gasteiger partial charge in [-0.1, -0.05) is 72.4 Å². The monoisotopic (exact) mass is 458 g/mol. The first-order valence-electron chi connectivity index (χ1n) is 10.4. The minimum atomic E-state index is -0.594. The number of hydrogen-bond acceptors (Lipinski definition) is 7. The third-order valence-electron chi connectivity index (χ3n) is 5.44. The smallest absolute Gasteiger partial charge is 0.276 e. The van der Waals surface area contributed by atoms with Crippen LogP contribution in [0.5, 0.6) is 11.5 Å². The highest BCUT2D eigenvalue weighted by atomic mass is 32.2. The van der Waals surface area contributed by atoms with Crippen molar-refractivity contribution in [2.24, 2.45) is 10.1 Å². The minimum absolute atomic E-state index is 0.212. The fraction of sp³-hybridized carbons (Fsp3) is 0.160. The van der Waals surface area contributed by atoms with Crippen LogP contribution in [0.25, 0.3) is 5.70 Å². The van der Waals surface area contributed by atoms with Crippen molar-refractivity contribution in [2.75, 3.05) is 13.4 Å². The molecule has 0 radical (unpaired) electrons. The second-order valence-electron chi connectivity index (χ2n) is 7.43. The van der Waals surface area contributed by atoms with Crippen molar-refractivity contribution in [1.82, 2.24) is 10.3 Å². The first-order chi connectivity index (χ1) is 16.2. The van der Waals surface area contributed by atoms with Crippen LogP contribution in [0.3, 0.4) is 0 Å². The molecule has 0 saturated carbocycles. The molecule has 0 aromatic heterocycles. The maximum Gasteiger partial charge on any atom is 0.276 e. The van der Waals surface area contributed by atoms with E-state index in [9.17, 15) is 4.79 Å². The summed E-state index contributed by atoms with van der Waals surface area (Å²) in [6.45, 7) is 0.369. The van der Waals surface area contributed by atoms with Gasteiger partial charge in [0.05, 0.1) is 12.5 Å². The van der Waals surface area contributed by atoms with Crippen molar-refractivity contribution in [3.8, 4) is 11.5 Å². The van der Waals surface area contributed by atoms with Crippen LogP contribution in [0.2, 0.25) is 0 Å². The summed E-state index contributed by atoms with van der Waals surface area (Å²) in [5, 5.41) is 11.2. The average Bonchev–Trinajstić information content (AvgIpc) is 2.87. The topological polar surface area (TPSA) is 75.5 Å². The van der Waals surface area contributed by atoms with Gasteiger partial charge in [-0.15, -0.1) is 5.10 Å². The Morgan fingerprint density at radius 1 is 1.03 bits per heavy atom. The van der Waals surface area contributed by atoms with Gasteiger partial charge in [0.25, 0.3) is 5.91 Å². The lowest BCUT2D eigenvalue weighted by Gasteiger charge is -2.34. The van der Waals surface area contributed by atoms with Crippen LogP contribution in [-0.2, 0) is 11.4 Å². The van der Waals surface area contributed by atoms with E-state index in [4.69, 9.17) is 19.6 Å². The van der Waals surface area contributed by atoms with Crippen LogP contribution in [-0.4, -0.2) is 29.4 Å². The van der Waals surface area contributed by atoms with E-state index in [1.54, 1.807) is 12.1 Å². The fourth-order valence-corrected chi connectivity index (χ4v) is 4.27. The van der Waals surface area contributed by atoms with Gasteiger partial charge in [0.15, 0.2) is 22.8 Å². The zero-order chi connectivity index (χ0) is 22.8. The van der Waals surface area contributed by atoms with Gasteiger partial charge >= 0.3 is 0 Å². The number of amides is 1. The highest BCUT2D eigenvalue weighted by Gasteiger charge is 2.36. The van der Waals surface area contributed by atoms with Crippen LogP contribution in [0.15, 0.2) is 82.9 Å². The van der Waals surface area contributed by atoms with Crippen molar-refractivity contribution in [2.45, 2.75) is 12.8 Å². The summed E-state index contributed by atoms with van der Waals surface area (Å²) < 4.78 is 11.9. The Morgan fingerprint density at radius 3 is 2.61 bits per heavy atom. The minimum Gasteiger partial charge on any atom is -0.493 e. The molecule has 166 valence electrons. The molecule has 33 heavy (non-hydrogen) atoms. The number of para-hydroxylation sites is 2. The number of ether oxygens (including phenoxy) is 2. The van der Waals surface area contributed by atoms with E-state index in [2.05, 4.69) is 5.32 Å². The normalized spacial score (nSPS) is 16.7. The molecule has 1 amide bonds. The Morgan fingerprint density at radius 2 is 1.82 bits per heavy atom. The number of methoxy groups -OCH3 is 1. The van der Waals surface area contributed by atoms with E-state index in [0.717, 1.165) is 21.7 Å². The molecule has 1 atom stereocenters. The highest BCUT2D eigenvalue weighted by molar-refractivity contribution is 8.13. The maximum atomic E-state index is 13.1. The SMILES string of the molecule is COc1cccc([C@H]2N=c3ccccc3=C3C(=O)NC(SC)=NN32)c1OCc1ccccc1. The number of carbonyl (C=O) groups excluding carboxylic acids is 1. The molecular formula is C25H22N4O3S. The van der Waals surface area contributed by atoms with Gasteiger partial charge in [0.2, 0.25) is 0 Å². The lowest BCUT2D eigenvalue weighted by Crippen LogP contribution is -2.50.